The second kappa shape index (κ2) is 8.72. The van der Waals surface area contributed by atoms with E-state index in [0.29, 0.717) is 21.5 Å². The van der Waals surface area contributed by atoms with Crippen molar-refractivity contribution in [2.24, 2.45) is 5.73 Å². The van der Waals surface area contributed by atoms with Gasteiger partial charge in [-0.25, -0.2) is 0 Å². The highest BCUT2D eigenvalue weighted by Crippen LogP contribution is 2.30. The van der Waals surface area contributed by atoms with Gasteiger partial charge in [0, 0.05) is 15.6 Å². The summed E-state index contributed by atoms with van der Waals surface area (Å²) in [4.78, 5) is 0.0409. The van der Waals surface area contributed by atoms with Gasteiger partial charge in [0.1, 0.15) is 17.7 Å². The maximum Gasteiger partial charge on any atom is 0.161 e. The molecular formula is C18H14Cl2N2O2S. The van der Waals surface area contributed by atoms with Crippen molar-refractivity contribution in [3.05, 3.63) is 63.1 Å². The number of nitriles is 1. The van der Waals surface area contributed by atoms with Crippen LogP contribution in [0.2, 0.25) is 10.0 Å². The van der Waals surface area contributed by atoms with Crippen molar-refractivity contribution < 1.29 is 9.47 Å². The Morgan fingerprint density at radius 1 is 1.24 bits per heavy atom. The Hall–Kier alpha value is -2.26. The monoisotopic (exact) mass is 392 g/mol. The lowest BCUT2D eigenvalue weighted by Gasteiger charge is -2.12. The maximum absolute atomic E-state index is 9.03. The molecule has 0 heterocycles. The van der Waals surface area contributed by atoms with Crippen LogP contribution in [-0.2, 0) is 6.61 Å². The average Bonchev–Trinajstić information content (AvgIpc) is 2.59. The summed E-state index contributed by atoms with van der Waals surface area (Å²) in [6.07, 6.45) is 1.59. The molecule has 0 saturated carbocycles. The summed E-state index contributed by atoms with van der Waals surface area (Å²) >= 11 is 16.9. The SMILES string of the molecule is COc1cc(/C=C(\C#N)C(N)=S)ccc1OCc1ccc(Cl)cc1Cl. The highest BCUT2D eigenvalue weighted by atomic mass is 35.5. The van der Waals surface area contributed by atoms with Crippen molar-refractivity contribution in [2.45, 2.75) is 6.61 Å². The molecule has 128 valence electrons. The Morgan fingerprint density at radius 3 is 2.60 bits per heavy atom. The smallest absolute Gasteiger partial charge is 0.161 e. The third kappa shape index (κ3) is 5.10. The lowest BCUT2D eigenvalue weighted by Crippen LogP contribution is -2.09. The molecule has 2 N–H and O–H groups in total. The van der Waals surface area contributed by atoms with E-state index in [1.165, 1.54) is 7.11 Å². The van der Waals surface area contributed by atoms with Gasteiger partial charge in [0.15, 0.2) is 11.5 Å². The Morgan fingerprint density at radius 2 is 2.00 bits per heavy atom. The van der Waals surface area contributed by atoms with Crippen LogP contribution in [0.5, 0.6) is 11.5 Å². The fraction of sp³-hybridized carbons (Fsp3) is 0.111. The number of hydrogen-bond acceptors (Lipinski definition) is 4. The van der Waals surface area contributed by atoms with Crippen molar-refractivity contribution >= 4 is 46.5 Å². The summed E-state index contributed by atoms with van der Waals surface area (Å²) in [7, 11) is 1.53. The summed E-state index contributed by atoms with van der Waals surface area (Å²) in [5, 5.41) is 10.1. The zero-order chi connectivity index (χ0) is 18.4. The van der Waals surface area contributed by atoms with E-state index in [-0.39, 0.29) is 17.2 Å². The largest absolute Gasteiger partial charge is 0.493 e. The normalized spacial score (nSPS) is 10.9. The molecule has 0 aliphatic carbocycles. The molecule has 0 saturated heterocycles. The fourth-order valence-electron chi connectivity index (χ4n) is 2.01. The van der Waals surface area contributed by atoms with Gasteiger partial charge in [0.25, 0.3) is 0 Å². The molecule has 0 radical (unpaired) electrons. The van der Waals surface area contributed by atoms with E-state index in [0.717, 1.165) is 11.1 Å². The summed E-state index contributed by atoms with van der Waals surface area (Å²) in [6.45, 7) is 0.262. The molecule has 0 amide bonds. The van der Waals surface area contributed by atoms with Gasteiger partial charge in [-0.2, -0.15) is 5.26 Å². The first-order chi connectivity index (χ1) is 11.9. The van der Waals surface area contributed by atoms with Crippen molar-refractivity contribution in [1.82, 2.24) is 0 Å². The van der Waals surface area contributed by atoms with Gasteiger partial charge < -0.3 is 15.2 Å². The molecule has 0 aromatic heterocycles. The second-order valence-electron chi connectivity index (χ2n) is 4.97. The molecule has 4 nitrogen and oxygen atoms in total. The van der Waals surface area contributed by atoms with Crippen LogP contribution in [0.1, 0.15) is 11.1 Å². The van der Waals surface area contributed by atoms with Crippen LogP contribution >= 0.6 is 35.4 Å². The third-order valence-corrected chi connectivity index (χ3v) is 4.09. The van der Waals surface area contributed by atoms with E-state index < -0.39 is 0 Å². The highest BCUT2D eigenvalue weighted by molar-refractivity contribution is 7.80. The van der Waals surface area contributed by atoms with Crippen LogP contribution in [0.15, 0.2) is 42.0 Å². The van der Waals surface area contributed by atoms with E-state index in [2.05, 4.69) is 0 Å². The highest BCUT2D eigenvalue weighted by Gasteiger charge is 2.09. The number of halogens is 2. The fourth-order valence-corrected chi connectivity index (χ4v) is 2.58. The van der Waals surface area contributed by atoms with Crippen molar-refractivity contribution in [1.29, 1.82) is 5.26 Å². The molecule has 0 fully saturated rings. The first kappa shape index (κ1) is 19.1. The predicted molar refractivity (Wildman–Crippen MR) is 104 cm³/mol. The van der Waals surface area contributed by atoms with Crippen LogP contribution < -0.4 is 15.2 Å². The maximum atomic E-state index is 9.03. The van der Waals surface area contributed by atoms with E-state index in [9.17, 15) is 0 Å². The summed E-state index contributed by atoms with van der Waals surface area (Å²) in [5.74, 6) is 1.05. The van der Waals surface area contributed by atoms with Gasteiger partial charge >= 0.3 is 0 Å². The third-order valence-electron chi connectivity index (χ3n) is 3.28. The van der Waals surface area contributed by atoms with E-state index in [4.69, 9.17) is 55.9 Å². The Kier molecular flexibility index (Phi) is 6.65. The van der Waals surface area contributed by atoms with Gasteiger partial charge in [-0.15, -0.1) is 0 Å². The van der Waals surface area contributed by atoms with Gasteiger partial charge in [-0.05, 0) is 35.9 Å². The molecule has 0 atom stereocenters. The number of hydrogen-bond donors (Lipinski definition) is 1. The molecule has 0 unspecified atom stereocenters. The van der Waals surface area contributed by atoms with Gasteiger partial charge in [-0.1, -0.05) is 47.6 Å². The Bertz CT molecular complexity index is 876. The van der Waals surface area contributed by atoms with Gasteiger partial charge in [0.05, 0.1) is 12.7 Å². The average molecular weight is 393 g/mol. The molecule has 0 aliphatic rings. The lowest BCUT2D eigenvalue weighted by molar-refractivity contribution is 0.284. The molecule has 2 rings (SSSR count). The zero-order valence-electron chi connectivity index (χ0n) is 13.3. The topological polar surface area (TPSA) is 68.3 Å². The number of rotatable bonds is 6. The van der Waals surface area contributed by atoms with Gasteiger partial charge in [0.2, 0.25) is 0 Å². The second-order valence-corrected chi connectivity index (χ2v) is 6.25. The Balaban J connectivity index is 2.22. The van der Waals surface area contributed by atoms with E-state index >= 15 is 0 Å². The number of methoxy groups -OCH3 is 1. The van der Waals surface area contributed by atoms with Crippen molar-refractivity contribution in [3.63, 3.8) is 0 Å². The minimum atomic E-state index is 0.0409. The zero-order valence-corrected chi connectivity index (χ0v) is 15.6. The summed E-state index contributed by atoms with van der Waals surface area (Å²) in [6, 6.07) is 12.4. The molecular weight excluding hydrogens is 379 g/mol. The minimum absolute atomic E-state index is 0.0409. The molecule has 7 heteroatoms. The van der Waals surface area contributed by atoms with E-state index in [1.54, 1.807) is 42.5 Å². The predicted octanol–water partition coefficient (Wildman–Crippen LogP) is 4.77. The van der Waals surface area contributed by atoms with Crippen LogP contribution in [0.4, 0.5) is 0 Å². The quantitative estimate of drug-likeness (QED) is 0.435. The minimum Gasteiger partial charge on any atom is -0.493 e. The van der Waals surface area contributed by atoms with Crippen molar-refractivity contribution in [3.8, 4) is 17.6 Å². The molecule has 25 heavy (non-hydrogen) atoms. The number of ether oxygens (including phenoxy) is 2. The van der Waals surface area contributed by atoms with Crippen LogP contribution in [0.3, 0.4) is 0 Å². The lowest BCUT2D eigenvalue weighted by atomic mass is 10.1. The number of benzene rings is 2. The van der Waals surface area contributed by atoms with E-state index in [1.807, 2.05) is 6.07 Å². The van der Waals surface area contributed by atoms with Gasteiger partial charge in [-0.3, -0.25) is 0 Å². The first-order valence-corrected chi connectivity index (χ1v) is 8.27. The number of thiocarbonyl (C=S) groups is 1. The van der Waals surface area contributed by atoms with Crippen molar-refractivity contribution in [2.75, 3.05) is 7.11 Å². The molecule has 0 bridgehead atoms. The number of nitrogens with zero attached hydrogens (tertiary/aromatic N) is 1. The summed E-state index contributed by atoms with van der Waals surface area (Å²) < 4.78 is 11.1. The molecule has 2 aromatic rings. The molecule has 0 spiro atoms. The van der Waals surface area contributed by atoms with Crippen LogP contribution in [0.25, 0.3) is 6.08 Å². The number of nitrogens with two attached hydrogens (primary N) is 1. The first-order valence-electron chi connectivity index (χ1n) is 7.11. The van der Waals surface area contributed by atoms with Crippen LogP contribution in [0, 0.1) is 11.3 Å². The molecule has 2 aromatic carbocycles. The Labute approximate surface area is 161 Å². The van der Waals surface area contributed by atoms with Crippen LogP contribution in [-0.4, -0.2) is 12.1 Å². The summed E-state index contributed by atoms with van der Waals surface area (Å²) in [5.41, 5.74) is 7.24. The standard InChI is InChI=1S/C18H14Cl2N2O2S/c1-23-17-7-11(6-13(9-21)18(22)25)2-5-16(17)24-10-12-3-4-14(19)8-15(12)20/h2-8H,10H2,1H3,(H2,22,25)/b13-6+. The molecule has 0 aliphatic heterocycles.